The fraction of sp³-hybridized carbons (Fsp3) is 0.357. The number of hydrogen-bond acceptors (Lipinski definition) is 5. The Kier molecular flexibility index (Phi) is 3.58. The molecule has 3 N–H and O–H groups in total. The highest BCUT2D eigenvalue weighted by Crippen LogP contribution is 2.30. The zero-order valence-electron chi connectivity index (χ0n) is 11.0. The first-order valence-electron chi connectivity index (χ1n) is 6.61. The Hall–Kier alpha value is -2.05. The molecule has 0 unspecified atom stereocenters. The van der Waals surface area contributed by atoms with Gasteiger partial charge in [0.1, 0.15) is 17.8 Å². The van der Waals surface area contributed by atoms with Gasteiger partial charge in [0.2, 0.25) is 0 Å². The fourth-order valence-corrected chi connectivity index (χ4v) is 2.22. The largest absolute Gasteiger partial charge is 0.468 e. The van der Waals surface area contributed by atoms with Gasteiger partial charge in [-0.15, -0.1) is 0 Å². The summed E-state index contributed by atoms with van der Waals surface area (Å²) in [4.78, 5) is 13.7. The maximum Gasteiger partial charge on any atom is 0.268 e. The van der Waals surface area contributed by atoms with E-state index in [0.29, 0.717) is 18.2 Å². The van der Waals surface area contributed by atoms with Crippen molar-refractivity contribution >= 4 is 5.91 Å². The van der Waals surface area contributed by atoms with E-state index in [1.165, 1.54) is 19.1 Å². The molecule has 0 saturated heterocycles. The van der Waals surface area contributed by atoms with Gasteiger partial charge in [-0.2, -0.15) is 0 Å². The maximum atomic E-state index is 11.4. The Morgan fingerprint density at radius 1 is 1.35 bits per heavy atom. The number of carbonyl (C=O) groups is 1. The van der Waals surface area contributed by atoms with E-state index in [-0.39, 0.29) is 5.91 Å². The number of hydrogen-bond donors (Lipinski definition) is 2. The number of nitrogens with zero attached hydrogens (tertiary/aromatic N) is 1. The van der Waals surface area contributed by atoms with Gasteiger partial charge in [0.15, 0.2) is 0 Å². The summed E-state index contributed by atoms with van der Waals surface area (Å²) in [6.45, 7) is 1.40. The lowest BCUT2D eigenvalue weighted by molar-refractivity contribution is 0.0953. The Labute approximate surface area is 116 Å². The number of amides is 1. The van der Waals surface area contributed by atoms with Crippen molar-refractivity contribution in [3.63, 3.8) is 0 Å². The number of furan rings is 2. The van der Waals surface area contributed by atoms with E-state index in [9.17, 15) is 4.79 Å². The second-order valence-corrected chi connectivity index (χ2v) is 4.99. The van der Waals surface area contributed by atoms with E-state index in [1.54, 1.807) is 12.3 Å². The second kappa shape index (κ2) is 5.52. The predicted molar refractivity (Wildman–Crippen MR) is 71.3 cm³/mol. The van der Waals surface area contributed by atoms with E-state index in [0.717, 1.165) is 18.1 Å². The van der Waals surface area contributed by atoms with Crippen LogP contribution in [0.15, 0.2) is 39.6 Å². The van der Waals surface area contributed by atoms with E-state index >= 15 is 0 Å². The molecule has 0 aromatic carbocycles. The Morgan fingerprint density at radius 2 is 2.15 bits per heavy atom. The topological polar surface area (TPSA) is 84.6 Å². The molecule has 0 spiro atoms. The van der Waals surface area contributed by atoms with Gasteiger partial charge in [-0.1, -0.05) is 0 Å². The Balaban J connectivity index is 1.67. The zero-order chi connectivity index (χ0) is 13.9. The van der Waals surface area contributed by atoms with Crippen LogP contribution in [-0.4, -0.2) is 16.8 Å². The third kappa shape index (κ3) is 2.92. The highest BCUT2D eigenvalue weighted by Gasteiger charge is 2.30. The molecule has 1 amide bonds. The SMILES string of the molecule is NNC(=O)c1coc(CN(Cc2ccco2)C2CC2)c1. The average molecular weight is 275 g/mol. The van der Waals surface area contributed by atoms with Gasteiger partial charge < -0.3 is 8.83 Å². The van der Waals surface area contributed by atoms with Gasteiger partial charge in [-0.05, 0) is 31.0 Å². The van der Waals surface area contributed by atoms with Crippen LogP contribution in [0.3, 0.4) is 0 Å². The molecule has 1 saturated carbocycles. The lowest BCUT2D eigenvalue weighted by Gasteiger charge is -2.19. The van der Waals surface area contributed by atoms with Crippen LogP contribution in [0.25, 0.3) is 0 Å². The van der Waals surface area contributed by atoms with Crippen LogP contribution in [0.4, 0.5) is 0 Å². The van der Waals surface area contributed by atoms with Crippen molar-refractivity contribution in [1.29, 1.82) is 0 Å². The van der Waals surface area contributed by atoms with Crippen LogP contribution in [0.1, 0.15) is 34.7 Å². The summed E-state index contributed by atoms with van der Waals surface area (Å²) in [5.41, 5.74) is 2.53. The van der Waals surface area contributed by atoms with Crippen LogP contribution in [0.2, 0.25) is 0 Å². The van der Waals surface area contributed by atoms with Crippen LogP contribution >= 0.6 is 0 Å². The van der Waals surface area contributed by atoms with Crippen LogP contribution < -0.4 is 11.3 Å². The van der Waals surface area contributed by atoms with Gasteiger partial charge in [-0.25, -0.2) is 5.84 Å². The molecule has 2 aromatic rings. The van der Waals surface area contributed by atoms with E-state index in [4.69, 9.17) is 14.7 Å². The zero-order valence-corrected chi connectivity index (χ0v) is 11.0. The standard InChI is InChI=1S/C14H17N3O3/c15-16-14(18)10-6-13(20-9-10)8-17(11-3-4-11)7-12-2-1-5-19-12/h1-2,5-6,9,11H,3-4,7-8,15H2,(H,16,18). The van der Waals surface area contributed by atoms with Crippen molar-refractivity contribution in [2.75, 3.05) is 0 Å². The molecule has 0 atom stereocenters. The Bertz CT molecular complexity index is 572. The lowest BCUT2D eigenvalue weighted by atomic mass is 10.3. The minimum Gasteiger partial charge on any atom is -0.468 e. The smallest absolute Gasteiger partial charge is 0.268 e. The van der Waals surface area contributed by atoms with Crippen LogP contribution in [0, 0.1) is 0 Å². The van der Waals surface area contributed by atoms with Crippen molar-refractivity contribution in [2.24, 2.45) is 5.84 Å². The molecule has 6 nitrogen and oxygen atoms in total. The first kappa shape index (κ1) is 13.0. The summed E-state index contributed by atoms with van der Waals surface area (Å²) in [6.07, 6.45) is 5.49. The molecule has 20 heavy (non-hydrogen) atoms. The summed E-state index contributed by atoms with van der Waals surface area (Å²) >= 11 is 0. The molecule has 106 valence electrons. The minimum atomic E-state index is -0.344. The normalized spacial score (nSPS) is 14.7. The number of hydrazine groups is 1. The number of nitrogen functional groups attached to an aromatic ring is 1. The second-order valence-electron chi connectivity index (χ2n) is 4.99. The van der Waals surface area contributed by atoms with Crippen molar-refractivity contribution in [2.45, 2.75) is 32.0 Å². The van der Waals surface area contributed by atoms with Gasteiger partial charge in [0.25, 0.3) is 5.91 Å². The Morgan fingerprint density at radius 3 is 2.80 bits per heavy atom. The summed E-state index contributed by atoms with van der Waals surface area (Å²) in [6, 6.07) is 6.14. The molecule has 0 aliphatic heterocycles. The van der Waals surface area contributed by atoms with E-state index < -0.39 is 0 Å². The summed E-state index contributed by atoms with van der Waals surface area (Å²) in [5.74, 6) is 6.44. The van der Waals surface area contributed by atoms with E-state index in [2.05, 4.69) is 10.3 Å². The third-order valence-corrected chi connectivity index (χ3v) is 3.41. The molecule has 1 fully saturated rings. The quantitative estimate of drug-likeness (QED) is 0.475. The molecule has 6 heteroatoms. The molecule has 0 bridgehead atoms. The van der Waals surface area contributed by atoms with Gasteiger partial charge in [0.05, 0.1) is 24.9 Å². The lowest BCUT2D eigenvalue weighted by Crippen LogP contribution is -2.29. The molecule has 1 aliphatic carbocycles. The molecular weight excluding hydrogens is 258 g/mol. The monoisotopic (exact) mass is 275 g/mol. The highest BCUT2D eigenvalue weighted by atomic mass is 16.3. The van der Waals surface area contributed by atoms with Crippen LogP contribution in [-0.2, 0) is 13.1 Å². The minimum absolute atomic E-state index is 0.344. The average Bonchev–Trinajstić information content (AvgIpc) is 2.99. The van der Waals surface area contributed by atoms with Gasteiger partial charge in [0, 0.05) is 6.04 Å². The molecule has 2 heterocycles. The number of carbonyl (C=O) groups excluding carboxylic acids is 1. The molecule has 2 aromatic heterocycles. The summed E-state index contributed by atoms with van der Waals surface area (Å²) < 4.78 is 10.8. The van der Waals surface area contributed by atoms with Crippen molar-refractivity contribution in [1.82, 2.24) is 10.3 Å². The fourth-order valence-electron chi connectivity index (χ4n) is 2.22. The molecule has 1 aliphatic rings. The molecule has 3 rings (SSSR count). The predicted octanol–water partition coefficient (Wildman–Crippen LogP) is 1.64. The number of nitrogens with two attached hydrogens (primary N) is 1. The summed E-state index contributed by atoms with van der Waals surface area (Å²) in [7, 11) is 0. The van der Waals surface area contributed by atoms with Crippen molar-refractivity contribution in [3.8, 4) is 0 Å². The van der Waals surface area contributed by atoms with Gasteiger partial charge >= 0.3 is 0 Å². The van der Waals surface area contributed by atoms with Crippen molar-refractivity contribution < 1.29 is 13.6 Å². The molecule has 0 radical (unpaired) electrons. The number of nitrogens with one attached hydrogen (secondary N) is 1. The first-order valence-corrected chi connectivity index (χ1v) is 6.61. The van der Waals surface area contributed by atoms with Crippen molar-refractivity contribution in [3.05, 3.63) is 47.8 Å². The molecular formula is C14H17N3O3. The highest BCUT2D eigenvalue weighted by molar-refractivity contribution is 5.93. The number of rotatable bonds is 6. The summed E-state index contributed by atoms with van der Waals surface area (Å²) in [5, 5.41) is 0. The third-order valence-electron chi connectivity index (χ3n) is 3.41. The van der Waals surface area contributed by atoms with Gasteiger partial charge in [-0.3, -0.25) is 15.1 Å². The first-order chi connectivity index (χ1) is 9.76. The van der Waals surface area contributed by atoms with E-state index in [1.807, 2.05) is 12.1 Å². The van der Waals surface area contributed by atoms with Crippen LogP contribution in [0.5, 0.6) is 0 Å². The maximum absolute atomic E-state index is 11.4.